The summed E-state index contributed by atoms with van der Waals surface area (Å²) in [5.74, 6) is 0. The largest absolute Gasteiger partial charge is 0.384 e. The van der Waals surface area contributed by atoms with E-state index in [1.165, 1.54) is 48.9 Å². The van der Waals surface area contributed by atoms with Gasteiger partial charge in [0.1, 0.15) is 0 Å². The molecule has 1 heterocycles. The lowest BCUT2D eigenvalue weighted by Crippen LogP contribution is -2.39. The van der Waals surface area contributed by atoms with Gasteiger partial charge >= 0.3 is 0 Å². The van der Waals surface area contributed by atoms with Gasteiger partial charge < -0.3 is 11.1 Å². The minimum Gasteiger partial charge on any atom is -0.384 e. The molecule has 1 aromatic carbocycles. The van der Waals surface area contributed by atoms with Crippen molar-refractivity contribution < 1.29 is 0 Å². The predicted molar refractivity (Wildman–Crippen MR) is 67.7 cm³/mol. The Labute approximate surface area is 97.2 Å². The second kappa shape index (κ2) is 3.77. The molecule has 2 nitrogen and oxygen atoms in total. The van der Waals surface area contributed by atoms with Crippen molar-refractivity contribution in [1.29, 1.82) is 0 Å². The molecule has 1 aliphatic heterocycles. The fourth-order valence-electron chi connectivity index (χ4n) is 3.03. The Morgan fingerprint density at radius 2 is 2.19 bits per heavy atom. The van der Waals surface area contributed by atoms with Crippen molar-refractivity contribution in [2.24, 2.45) is 11.1 Å². The van der Waals surface area contributed by atoms with E-state index >= 15 is 0 Å². The van der Waals surface area contributed by atoms with Crippen LogP contribution in [0.4, 0.5) is 5.69 Å². The van der Waals surface area contributed by atoms with Gasteiger partial charge in [0.05, 0.1) is 0 Å². The topological polar surface area (TPSA) is 38.0 Å². The lowest BCUT2D eigenvalue weighted by molar-refractivity contribution is 0.145. The van der Waals surface area contributed by atoms with Gasteiger partial charge in [-0.05, 0) is 54.8 Å². The van der Waals surface area contributed by atoms with Crippen LogP contribution in [0.3, 0.4) is 0 Å². The van der Waals surface area contributed by atoms with E-state index in [1.54, 1.807) is 0 Å². The molecule has 0 unspecified atom stereocenters. The van der Waals surface area contributed by atoms with Crippen LogP contribution in [0.15, 0.2) is 18.2 Å². The van der Waals surface area contributed by atoms with Gasteiger partial charge in [-0.15, -0.1) is 0 Å². The van der Waals surface area contributed by atoms with Gasteiger partial charge in [0, 0.05) is 12.2 Å². The fourth-order valence-corrected chi connectivity index (χ4v) is 3.03. The molecule has 1 aliphatic carbocycles. The number of rotatable bonds is 3. The van der Waals surface area contributed by atoms with Crippen molar-refractivity contribution in [1.82, 2.24) is 0 Å². The molecule has 0 spiro atoms. The third-order valence-electron chi connectivity index (χ3n) is 4.31. The zero-order valence-electron chi connectivity index (χ0n) is 9.76. The number of benzene rings is 1. The van der Waals surface area contributed by atoms with Gasteiger partial charge in [0.25, 0.3) is 0 Å². The molecule has 1 aromatic rings. The molecule has 0 atom stereocenters. The minimum atomic E-state index is 0.431. The molecule has 1 fully saturated rings. The quantitative estimate of drug-likeness (QED) is 0.813. The van der Waals surface area contributed by atoms with Gasteiger partial charge in [0.15, 0.2) is 0 Å². The van der Waals surface area contributed by atoms with Crippen LogP contribution in [0.1, 0.15) is 30.4 Å². The summed E-state index contributed by atoms with van der Waals surface area (Å²) >= 11 is 0. The molecule has 2 aliphatic rings. The maximum atomic E-state index is 5.92. The molecule has 0 amide bonds. The zero-order valence-corrected chi connectivity index (χ0v) is 9.76. The highest BCUT2D eigenvalue weighted by atomic mass is 14.9. The standard InChI is InChI=1S/C14H20N2/c15-10-14(5-1-6-14)9-11-2-3-13-12(8-11)4-7-16-13/h2-3,8,16H,1,4-7,9-10,15H2. The third-order valence-corrected chi connectivity index (χ3v) is 4.31. The van der Waals surface area contributed by atoms with Gasteiger partial charge in [-0.1, -0.05) is 18.6 Å². The summed E-state index contributed by atoms with van der Waals surface area (Å²) < 4.78 is 0. The lowest BCUT2D eigenvalue weighted by Gasteiger charge is -2.41. The molecule has 0 radical (unpaired) electrons. The van der Waals surface area contributed by atoms with Crippen molar-refractivity contribution >= 4 is 5.69 Å². The van der Waals surface area contributed by atoms with Crippen molar-refractivity contribution in [3.8, 4) is 0 Å². The predicted octanol–water partition coefficient (Wildman–Crippen LogP) is 2.33. The first-order valence-electron chi connectivity index (χ1n) is 6.37. The van der Waals surface area contributed by atoms with Crippen LogP contribution in [0.25, 0.3) is 0 Å². The molecular formula is C14H20N2. The van der Waals surface area contributed by atoms with E-state index < -0.39 is 0 Å². The van der Waals surface area contributed by atoms with E-state index in [4.69, 9.17) is 5.73 Å². The van der Waals surface area contributed by atoms with Crippen LogP contribution < -0.4 is 11.1 Å². The maximum Gasteiger partial charge on any atom is 0.0373 e. The first-order chi connectivity index (χ1) is 7.81. The first-order valence-corrected chi connectivity index (χ1v) is 6.37. The third kappa shape index (κ3) is 1.61. The van der Waals surface area contributed by atoms with Gasteiger partial charge in [-0.25, -0.2) is 0 Å². The lowest BCUT2D eigenvalue weighted by atomic mass is 9.65. The van der Waals surface area contributed by atoms with E-state index in [1.807, 2.05) is 0 Å². The molecule has 2 heteroatoms. The highest BCUT2D eigenvalue weighted by Crippen LogP contribution is 2.43. The Balaban J connectivity index is 1.80. The Bertz CT molecular complexity index is 388. The molecule has 86 valence electrons. The second-order valence-electron chi connectivity index (χ2n) is 5.40. The van der Waals surface area contributed by atoms with Crippen molar-refractivity contribution in [3.05, 3.63) is 29.3 Å². The Morgan fingerprint density at radius 3 is 2.88 bits per heavy atom. The van der Waals surface area contributed by atoms with E-state index in [9.17, 15) is 0 Å². The van der Waals surface area contributed by atoms with E-state index in [-0.39, 0.29) is 0 Å². The summed E-state index contributed by atoms with van der Waals surface area (Å²) in [4.78, 5) is 0. The Morgan fingerprint density at radius 1 is 1.31 bits per heavy atom. The second-order valence-corrected chi connectivity index (χ2v) is 5.40. The summed E-state index contributed by atoms with van der Waals surface area (Å²) in [6.07, 6.45) is 6.36. The molecule has 1 saturated carbocycles. The number of nitrogens with one attached hydrogen (secondary N) is 1. The molecule has 16 heavy (non-hydrogen) atoms. The van der Waals surface area contributed by atoms with Crippen LogP contribution in [0.5, 0.6) is 0 Å². The van der Waals surface area contributed by atoms with Crippen LogP contribution in [-0.2, 0) is 12.8 Å². The van der Waals surface area contributed by atoms with Gasteiger partial charge in [-0.3, -0.25) is 0 Å². The molecule has 0 bridgehead atoms. The number of hydrogen-bond donors (Lipinski definition) is 2. The summed E-state index contributed by atoms with van der Waals surface area (Å²) in [6, 6.07) is 6.89. The van der Waals surface area contributed by atoms with E-state index in [2.05, 4.69) is 23.5 Å². The van der Waals surface area contributed by atoms with Crippen molar-refractivity contribution in [3.63, 3.8) is 0 Å². The van der Waals surface area contributed by atoms with Crippen molar-refractivity contribution in [2.45, 2.75) is 32.1 Å². The Hall–Kier alpha value is -1.02. The molecular weight excluding hydrogens is 196 g/mol. The average molecular weight is 216 g/mol. The fraction of sp³-hybridized carbons (Fsp3) is 0.571. The van der Waals surface area contributed by atoms with Crippen LogP contribution in [0.2, 0.25) is 0 Å². The molecule has 0 saturated heterocycles. The molecule has 3 N–H and O–H groups in total. The maximum absolute atomic E-state index is 5.92. The summed E-state index contributed by atoms with van der Waals surface area (Å²) in [5, 5.41) is 3.41. The molecule has 3 rings (SSSR count). The average Bonchev–Trinajstić information content (AvgIpc) is 2.70. The number of hydrogen-bond acceptors (Lipinski definition) is 2. The monoisotopic (exact) mass is 216 g/mol. The highest BCUT2D eigenvalue weighted by molar-refractivity contribution is 5.56. The smallest absolute Gasteiger partial charge is 0.0373 e. The van der Waals surface area contributed by atoms with Gasteiger partial charge in [0.2, 0.25) is 0 Å². The first kappa shape index (κ1) is 10.2. The summed E-state index contributed by atoms with van der Waals surface area (Å²) in [5.41, 5.74) is 10.6. The minimum absolute atomic E-state index is 0.431. The number of nitrogens with two attached hydrogens (primary N) is 1. The van der Waals surface area contributed by atoms with E-state index in [0.717, 1.165) is 13.1 Å². The van der Waals surface area contributed by atoms with Crippen LogP contribution in [0, 0.1) is 5.41 Å². The van der Waals surface area contributed by atoms with Crippen molar-refractivity contribution in [2.75, 3.05) is 18.4 Å². The molecule has 0 aromatic heterocycles. The van der Waals surface area contributed by atoms with Crippen LogP contribution >= 0.6 is 0 Å². The highest BCUT2D eigenvalue weighted by Gasteiger charge is 2.35. The van der Waals surface area contributed by atoms with Gasteiger partial charge in [-0.2, -0.15) is 0 Å². The Kier molecular flexibility index (Phi) is 2.40. The number of anilines is 1. The number of fused-ring (bicyclic) bond motifs is 1. The summed E-state index contributed by atoms with van der Waals surface area (Å²) in [7, 11) is 0. The normalized spacial score (nSPS) is 21.1. The van der Waals surface area contributed by atoms with Crippen LogP contribution in [-0.4, -0.2) is 13.1 Å². The van der Waals surface area contributed by atoms with E-state index in [0.29, 0.717) is 5.41 Å². The summed E-state index contributed by atoms with van der Waals surface area (Å²) in [6.45, 7) is 1.95. The zero-order chi connectivity index (χ0) is 11.0. The SMILES string of the molecule is NCC1(Cc2ccc3c(c2)CCN3)CCC1.